The Kier molecular flexibility index (Phi) is 18.6. The largest absolute Gasteiger partial charge is 0.507 e. The molecular weight excluding hydrogens is 849 g/mol. The average molecular weight is 943 g/mol. The van der Waals surface area contributed by atoms with Crippen molar-refractivity contribution in [3.8, 4) is 11.5 Å². The Balaban J connectivity index is 1.45. The Morgan fingerprint density at radius 3 is 0.956 bits per heavy atom. The minimum absolute atomic E-state index is 0.146. The molecule has 2 aliphatic heterocycles. The van der Waals surface area contributed by atoms with E-state index in [1.807, 2.05) is 23.6 Å². The molecule has 2 fully saturated rings. The van der Waals surface area contributed by atoms with Crippen molar-refractivity contribution >= 4 is 23.9 Å². The summed E-state index contributed by atoms with van der Waals surface area (Å²) in [6.07, 6.45) is 12.9. The first-order chi connectivity index (χ1) is 31.4. The van der Waals surface area contributed by atoms with Crippen LogP contribution < -0.4 is 0 Å². The molecule has 10 heteroatoms. The summed E-state index contributed by atoms with van der Waals surface area (Å²) in [6.45, 7) is 35.2. The Morgan fingerprint density at radius 2 is 0.691 bits per heavy atom. The minimum atomic E-state index is -0.984. The van der Waals surface area contributed by atoms with Gasteiger partial charge in [0.15, 0.2) is 0 Å². The molecule has 2 aromatic rings. The number of urea groups is 2. The van der Waals surface area contributed by atoms with Gasteiger partial charge in [0, 0.05) is 26.2 Å². The lowest BCUT2D eigenvalue weighted by Crippen LogP contribution is -2.48. The fourth-order valence-electron chi connectivity index (χ4n) is 10.3. The molecule has 0 aromatic heterocycles. The fraction of sp³-hybridized carbons (Fsp3) is 0.724. The summed E-state index contributed by atoms with van der Waals surface area (Å²) in [5, 5.41) is 22.7. The van der Waals surface area contributed by atoms with Crippen molar-refractivity contribution in [1.82, 2.24) is 19.6 Å². The van der Waals surface area contributed by atoms with Gasteiger partial charge in [-0.15, -0.1) is 0 Å². The van der Waals surface area contributed by atoms with Crippen LogP contribution in [0.15, 0.2) is 24.3 Å². The molecule has 2 atom stereocenters. The van der Waals surface area contributed by atoms with E-state index >= 15 is 0 Å². The van der Waals surface area contributed by atoms with Gasteiger partial charge in [-0.2, -0.15) is 0 Å². The van der Waals surface area contributed by atoms with E-state index in [2.05, 4.69) is 121 Å². The summed E-state index contributed by atoms with van der Waals surface area (Å²) in [4.78, 5) is 63.8. The summed E-state index contributed by atoms with van der Waals surface area (Å²) in [5.74, 6) is 0.372. The number of hydrogen-bond acceptors (Lipinski definition) is 6. The number of benzene rings is 2. The van der Waals surface area contributed by atoms with Gasteiger partial charge in [-0.25, -0.2) is 9.59 Å². The van der Waals surface area contributed by atoms with Crippen molar-refractivity contribution in [3.63, 3.8) is 0 Å². The van der Waals surface area contributed by atoms with E-state index in [4.69, 9.17) is 0 Å². The molecular formula is C58H94N4O6. The van der Waals surface area contributed by atoms with E-state index in [9.17, 15) is 29.4 Å². The number of rotatable bonds is 23. The van der Waals surface area contributed by atoms with Gasteiger partial charge in [0.2, 0.25) is 0 Å². The number of phenolic OH excluding ortho intramolecular Hbond substituents is 2. The van der Waals surface area contributed by atoms with Crippen LogP contribution in [0.25, 0.3) is 0 Å². The first-order valence-corrected chi connectivity index (χ1v) is 26.5. The molecule has 6 amide bonds. The van der Waals surface area contributed by atoms with Crippen molar-refractivity contribution in [3.05, 3.63) is 57.6 Å². The van der Waals surface area contributed by atoms with Crippen LogP contribution in [0, 0.1) is 0 Å². The smallest absolute Gasteiger partial charge is 0.327 e. The maximum absolute atomic E-state index is 14.4. The third-order valence-corrected chi connectivity index (χ3v) is 14.9. The van der Waals surface area contributed by atoms with Gasteiger partial charge in [-0.3, -0.25) is 19.4 Å². The standard InChI is InChI=1S/C58H94N4O6/c1-17-19-21-27-35-61-51(67)59(49(65)57(61,15)31-29-41-37-43(53(3,4)5)47(63)44(38-41)54(6,7)8)33-25-23-24-26-34-60-50(66)58(16,62(52(60)68)36-28-22-20-18-2)32-30-42-39-45(55(9,10)11)48(64)46(40-42)56(12,13)14/h37-40,63-64H,17-36H2,1-16H3. The Bertz CT molecular complexity index is 1860. The lowest BCUT2D eigenvalue weighted by molar-refractivity contribution is -0.133. The lowest BCUT2D eigenvalue weighted by atomic mass is 9.77. The number of carbonyl (C=O) groups excluding carboxylic acids is 4. The molecule has 2 aromatic carbocycles. The van der Waals surface area contributed by atoms with Gasteiger partial charge in [0.25, 0.3) is 11.8 Å². The minimum Gasteiger partial charge on any atom is -0.507 e. The predicted octanol–water partition coefficient (Wildman–Crippen LogP) is 13.6. The van der Waals surface area contributed by atoms with Crippen LogP contribution in [-0.4, -0.2) is 90.9 Å². The highest BCUT2D eigenvalue weighted by Gasteiger charge is 2.54. The number of phenols is 2. The Hall–Kier alpha value is -4.08. The first-order valence-electron chi connectivity index (χ1n) is 26.5. The van der Waals surface area contributed by atoms with Crippen LogP contribution in [0.5, 0.6) is 11.5 Å². The molecule has 4 rings (SSSR count). The molecule has 2 saturated heterocycles. The van der Waals surface area contributed by atoms with Crippen LogP contribution in [-0.2, 0) is 44.1 Å². The number of aryl methyl sites for hydroxylation is 2. The number of amides is 6. The lowest BCUT2D eigenvalue weighted by Gasteiger charge is -2.33. The van der Waals surface area contributed by atoms with Crippen molar-refractivity contribution < 1.29 is 29.4 Å². The van der Waals surface area contributed by atoms with Crippen LogP contribution in [0.2, 0.25) is 0 Å². The highest BCUT2D eigenvalue weighted by Crippen LogP contribution is 2.43. The van der Waals surface area contributed by atoms with Gasteiger partial charge in [-0.05, 0) is 120 Å². The molecule has 0 spiro atoms. The van der Waals surface area contributed by atoms with Gasteiger partial charge < -0.3 is 20.0 Å². The fourth-order valence-corrected chi connectivity index (χ4v) is 10.3. The highest BCUT2D eigenvalue weighted by molar-refractivity contribution is 6.07. The number of unbranched alkanes of at least 4 members (excludes halogenated alkanes) is 9. The topological polar surface area (TPSA) is 122 Å². The predicted molar refractivity (Wildman–Crippen MR) is 279 cm³/mol. The second-order valence-corrected chi connectivity index (χ2v) is 24.9. The third kappa shape index (κ3) is 13.0. The second-order valence-electron chi connectivity index (χ2n) is 24.9. The van der Waals surface area contributed by atoms with E-state index in [-0.39, 0.29) is 45.5 Å². The van der Waals surface area contributed by atoms with E-state index in [0.29, 0.717) is 76.2 Å². The van der Waals surface area contributed by atoms with Gasteiger partial charge in [0.05, 0.1) is 0 Å². The van der Waals surface area contributed by atoms with E-state index in [1.165, 1.54) is 9.80 Å². The van der Waals surface area contributed by atoms with E-state index in [1.54, 1.807) is 0 Å². The molecule has 2 heterocycles. The molecule has 2 unspecified atom stereocenters. The van der Waals surface area contributed by atoms with Crippen LogP contribution >= 0.6 is 0 Å². The Labute approximate surface area is 413 Å². The molecule has 2 aliphatic rings. The summed E-state index contributed by atoms with van der Waals surface area (Å²) in [6, 6.07) is 7.89. The van der Waals surface area contributed by atoms with Crippen LogP contribution in [0.3, 0.4) is 0 Å². The number of hydrogen-bond donors (Lipinski definition) is 2. The molecule has 382 valence electrons. The quantitative estimate of drug-likeness (QED) is 0.0845. The highest BCUT2D eigenvalue weighted by atomic mass is 16.3. The van der Waals surface area contributed by atoms with Crippen molar-refractivity contribution in [2.75, 3.05) is 26.2 Å². The normalized spacial score (nSPS) is 19.7. The van der Waals surface area contributed by atoms with Crippen LogP contribution in [0.1, 0.15) is 234 Å². The van der Waals surface area contributed by atoms with Gasteiger partial charge >= 0.3 is 12.1 Å². The summed E-state index contributed by atoms with van der Waals surface area (Å²) in [5.41, 5.74) is 2.60. The second kappa shape index (κ2) is 22.3. The number of aromatic hydroxyl groups is 2. The SMILES string of the molecule is CCCCCCN1C(=O)N(CCCCCCN2C(=O)N(CCCCCC)C(C)(CCc3cc(C(C)(C)C)c(O)c(C(C)(C)C)c3)C2=O)C(=O)C1(C)CCc1cc(C(C)(C)C)c(O)c(C(C)(C)C)c1. The van der Waals surface area contributed by atoms with Crippen LogP contribution in [0.4, 0.5) is 9.59 Å². The first kappa shape index (κ1) is 56.5. The van der Waals surface area contributed by atoms with Crippen molar-refractivity contribution in [2.45, 2.75) is 246 Å². The summed E-state index contributed by atoms with van der Waals surface area (Å²) >= 11 is 0. The van der Waals surface area contributed by atoms with Gasteiger partial charge in [0.1, 0.15) is 22.6 Å². The molecule has 68 heavy (non-hydrogen) atoms. The summed E-state index contributed by atoms with van der Waals surface area (Å²) < 4.78 is 0. The third-order valence-electron chi connectivity index (χ3n) is 14.9. The molecule has 0 aliphatic carbocycles. The van der Waals surface area contributed by atoms with Gasteiger partial charge in [-0.1, -0.05) is 173 Å². The molecule has 2 N–H and O–H groups in total. The monoisotopic (exact) mass is 943 g/mol. The molecule has 0 radical (unpaired) electrons. The summed E-state index contributed by atoms with van der Waals surface area (Å²) in [7, 11) is 0. The van der Waals surface area contributed by atoms with E-state index < -0.39 is 11.1 Å². The maximum Gasteiger partial charge on any atom is 0.327 e. The zero-order valence-electron chi connectivity index (χ0n) is 45.8. The zero-order chi connectivity index (χ0) is 51.2. The van der Waals surface area contributed by atoms with Crippen molar-refractivity contribution in [2.24, 2.45) is 0 Å². The number of carbonyl (C=O) groups is 4. The number of imide groups is 2. The number of nitrogens with zero attached hydrogens (tertiary/aromatic N) is 4. The zero-order valence-corrected chi connectivity index (χ0v) is 45.8. The molecule has 0 saturated carbocycles. The molecule has 10 nitrogen and oxygen atoms in total. The Morgan fingerprint density at radius 1 is 0.426 bits per heavy atom. The van der Waals surface area contributed by atoms with Crippen molar-refractivity contribution in [1.29, 1.82) is 0 Å². The average Bonchev–Trinajstić information content (AvgIpc) is 3.52. The van der Waals surface area contributed by atoms with E-state index in [0.717, 1.165) is 97.6 Å². The molecule has 0 bridgehead atoms. The maximum atomic E-state index is 14.4.